The molecule has 0 aliphatic heterocycles. The molecule has 0 atom stereocenters. The number of hydrazine groups is 1. The third-order valence-electron chi connectivity index (χ3n) is 3.54. The molecule has 0 bridgehead atoms. The maximum Gasteiger partial charge on any atom is 0.248 e. The number of thioether (sulfide) groups is 1. The number of benzene rings is 2. The average Bonchev–Trinajstić information content (AvgIpc) is 2.64. The van der Waals surface area contributed by atoms with Crippen LogP contribution in [0.1, 0.15) is 11.1 Å². The Morgan fingerprint density at radius 1 is 0.964 bits per heavy atom. The maximum absolute atomic E-state index is 12.8. The maximum atomic E-state index is 12.8. The summed E-state index contributed by atoms with van der Waals surface area (Å²) in [5.41, 5.74) is 8.45. The topological polar surface area (TPSA) is 82.3 Å². The van der Waals surface area contributed by atoms with Gasteiger partial charge in [-0.15, -0.1) is 11.8 Å². The molecule has 0 aromatic heterocycles. The Hall–Kier alpha value is -2.65. The molecular weight excluding hydrogens is 399 g/mol. The summed E-state index contributed by atoms with van der Waals surface area (Å²) < 4.78 is 12.8. The molecule has 0 saturated carbocycles. The van der Waals surface area contributed by atoms with Crippen molar-refractivity contribution in [3.8, 4) is 0 Å². The van der Waals surface area contributed by atoms with E-state index in [4.69, 9.17) is 12.2 Å². The van der Waals surface area contributed by atoms with Crippen molar-refractivity contribution < 1.29 is 14.0 Å². The third kappa shape index (κ3) is 7.53. The highest BCUT2D eigenvalue weighted by atomic mass is 32.2. The van der Waals surface area contributed by atoms with E-state index in [1.807, 2.05) is 32.0 Å². The Balaban J connectivity index is 1.64. The lowest BCUT2D eigenvalue weighted by atomic mass is 10.1. The summed E-state index contributed by atoms with van der Waals surface area (Å²) in [5.74, 6) is -0.610. The predicted octanol–water partition coefficient (Wildman–Crippen LogP) is 3.13. The average molecular weight is 421 g/mol. The van der Waals surface area contributed by atoms with E-state index in [1.54, 1.807) is 0 Å². The van der Waals surface area contributed by atoms with E-state index in [2.05, 4.69) is 21.5 Å². The highest BCUT2D eigenvalue weighted by Gasteiger charge is 2.08. The molecule has 0 heterocycles. The van der Waals surface area contributed by atoms with Crippen LogP contribution < -0.4 is 21.5 Å². The number of thiocarbonyl (C=S) groups is 1. The van der Waals surface area contributed by atoms with Crippen molar-refractivity contribution in [1.29, 1.82) is 0 Å². The number of halogens is 1. The van der Waals surface area contributed by atoms with Crippen LogP contribution in [-0.4, -0.2) is 28.4 Å². The lowest BCUT2D eigenvalue weighted by Gasteiger charge is -2.12. The van der Waals surface area contributed by atoms with Gasteiger partial charge in [-0.2, -0.15) is 0 Å². The van der Waals surface area contributed by atoms with Crippen LogP contribution >= 0.6 is 24.0 Å². The molecule has 0 aliphatic carbocycles. The lowest BCUT2D eigenvalue weighted by Crippen LogP contribution is -2.44. The summed E-state index contributed by atoms with van der Waals surface area (Å²) in [6.07, 6.45) is 0. The van der Waals surface area contributed by atoms with Crippen LogP contribution in [0.4, 0.5) is 15.8 Å². The second-order valence-electron chi connectivity index (χ2n) is 5.99. The van der Waals surface area contributed by atoms with E-state index in [9.17, 15) is 14.0 Å². The molecule has 9 heteroatoms. The Morgan fingerprint density at radius 2 is 1.64 bits per heavy atom. The molecule has 28 heavy (non-hydrogen) atoms. The predicted molar refractivity (Wildman–Crippen MR) is 116 cm³/mol. The number of carbonyl (C=O) groups is 2. The number of anilines is 2. The highest BCUT2D eigenvalue weighted by Crippen LogP contribution is 2.16. The number of amides is 2. The Morgan fingerprint density at radius 3 is 2.32 bits per heavy atom. The van der Waals surface area contributed by atoms with Crippen LogP contribution in [0.5, 0.6) is 0 Å². The number of hydrogen-bond donors (Lipinski definition) is 4. The smallest absolute Gasteiger partial charge is 0.248 e. The zero-order chi connectivity index (χ0) is 20.5. The summed E-state index contributed by atoms with van der Waals surface area (Å²) in [6.45, 7) is 3.92. The fourth-order valence-corrected chi connectivity index (χ4v) is 3.02. The third-order valence-corrected chi connectivity index (χ3v) is 4.68. The standard InChI is InChI=1S/C19H21FN4O2S2/c1-12-3-8-16(13(2)9-12)22-17(25)10-28-11-18(26)23-24-19(27)21-15-6-4-14(20)5-7-15/h3-9H,10-11H2,1-2H3,(H,22,25)(H,23,26)(H2,21,24,27). The van der Waals surface area contributed by atoms with E-state index >= 15 is 0 Å². The van der Waals surface area contributed by atoms with Crippen molar-refractivity contribution >= 4 is 52.3 Å². The van der Waals surface area contributed by atoms with Gasteiger partial charge in [0.1, 0.15) is 5.82 Å². The molecule has 2 aromatic rings. The first kappa shape index (κ1) is 21.6. The fourth-order valence-electron chi connectivity index (χ4n) is 2.23. The zero-order valence-electron chi connectivity index (χ0n) is 15.5. The molecule has 0 fully saturated rings. The SMILES string of the molecule is Cc1ccc(NC(=O)CSCC(=O)NNC(=S)Nc2ccc(F)cc2)c(C)c1. The van der Waals surface area contributed by atoms with Gasteiger partial charge in [0.15, 0.2) is 5.11 Å². The normalized spacial score (nSPS) is 10.1. The number of aryl methyl sites for hydroxylation is 2. The molecule has 0 saturated heterocycles. The van der Waals surface area contributed by atoms with E-state index in [0.29, 0.717) is 5.69 Å². The van der Waals surface area contributed by atoms with Crippen molar-refractivity contribution in [3.05, 3.63) is 59.4 Å². The van der Waals surface area contributed by atoms with Gasteiger partial charge < -0.3 is 10.6 Å². The van der Waals surface area contributed by atoms with Crippen LogP contribution in [-0.2, 0) is 9.59 Å². The molecular formula is C19H21FN4O2S2. The first-order valence-electron chi connectivity index (χ1n) is 8.40. The van der Waals surface area contributed by atoms with E-state index in [0.717, 1.165) is 16.8 Å². The molecule has 4 N–H and O–H groups in total. The van der Waals surface area contributed by atoms with Crippen molar-refractivity contribution in [2.45, 2.75) is 13.8 Å². The second kappa shape index (κ2) is 10.6. The molecule has 2 aromatic carbocycles. The summed E-state index contributed by atoms with van der Waals surface area (Å²) in [4.78, 5) is 23.8. The van der Waals surface area contributed by atoms with Crippen LogP contribution in [0.2, 0.25) is 0 Å². The quantitative estimate of drug-likeness (QED) is 0.425. The van der Waals surface area contributed by atoms with Gasteiger partial charge in [0.25, 0.3) is 0 Å². The van der Waals surface area contributed by atoms with Gasteiger partial charge >= 0.3 is 0 Å². The number of carbonyl (C=O) groups excluding carboxylic acids is 2. The molecule has 0 aliphatic rings. The molecule has 2 rings (SSSR count). The molecule has 0 unspecified atom stereocenters. The highest BCUT2D eigenvalue weighted by molar-refractivity contribution is 8.00. The molecule has 2 amide bonds. The summed E-state index contributed by atoms with van der Waals surface area (Å²) in [7, 11) is 0. The molecule has 0 radical (unpaired) electrons. The zero-order valence-corrected chi connectivity index (χ0v) is 17.1. The molecule has 0 spiro atoms. The van der Waals surface area contributed by atoms with Crippen molar-refractivity contribution in [2.24, 2.45) is 0 Å². The van der Waals surface area contributed by atoms with Gasteiger partial charge in [0, 0.05) is 11.4 Å². The largest absolute Gasteiger partial charge is 0.331 e. The van der Waals surface area contributed by atoms with Gasteiger partial charge in [0.05, 0.1) is 11.5 Å². The summed E-state index contributed by atoms with van der Waals surface area (Å²) in [6, 6.07) is 11.4. The van der Waals surface area contributed by atoms with Gasteiger partial charge in [-0.3, -0.25) is 20.4 Å². The van der Waals surface area contributed by atoms with Crippen LogP contribution in [0.15, 0.2) is 42.5 Å². The number of hydrogen-bond acceptors (Lipinski definition) is 4. The van der Waals surface area contributed by atoms with Crippen LogP contribution in [0, 0.1) is 19.7 Å². The van der Waals surface area contributed by atoms with Crippen LogP contribution in [0.25, 0.3) is 0 Å². The van der Waals surface area contributed by atoms with E-state index in [1.165, 1.54) is 36.0 Å². The number of nitrogens with one attached hydrogen (secondary N) is 4. The Bertz CT molecular complexity index is 860. The summed E-state index contributed by atoms with van der Waals surface area (Å²) in [5, 5.41) is 5.80. The molecule has 6 nitrogen and oxygen atoms in total. The second-order valence-corrected chi connectivity index (χ2v) is 7.39. The first-order valence-corrected chi connectivity index (χ1v) is 9.96. The van der Waals surface area contributed by atoms with Crippen molar-refractivity contribution in [3.63, 3.8) is 0 Å². The van der Waals surface area contributed by atoms with E-state index < -0.39 is 0 Å². The minimum Gasteiger partial charge on any atom is -0.331 e. The fraction of sp³-hybridized carbons (Fsp3) is 0.211. The summed E-state index contributed by atoms with van der Waals surface area (Å²) >= 11 is 6.22. The minimum absolute atomic E-state index is 0.0897. The van der Waals surface area contributed by atoms with Crippen molar-refractivity contribution in [1.82, 2.24) is 10.9 Å². The van der Waals surface area contributed by atoms with Crippen molar-refractivity contribution in [2.75, 3.05) is 22.1 Å². The van der Waals surface area contributed by atoms with Gasteiger partial charge in [-0.1, -0.05) is 17.7 Å². The monoisotopic (exact) mass is 420 g/mol. The minimum atomic E-state index is -0.351. The van der Waals surface area contributed by atoms with Crippen LogP contribution in [0.3, 0.4) is 0 Å². The lowest BCUT2D eigenvalue weighted by molar-refractivity contribution is -0.119. The first-order chi connectivity index (χ1) is 13.3. The Kier molecular flexibility index (Phi) is 8.21. The molecule has 148 valence electrons. The van der Waals surface area contributed by atoms with Gasteiger partial charge in [0.2, 0.25) is 11.8 Å². The number of rotatable bonds is 6. The Labute approximate surface area is 172 Å². The van der Waals surface area contributed by atoms with E-state index in [-0.39, 0.29) is 34.2 Å². The van der Waals surface area contributed by atoms with Gasteiger partial charge in [-0.05, 0) is 62.0 Å². The van der Waals surface area contributed by atoms with Gasteiger partial charge in [-0.25, -0.2) is 4.39 Å².